The molecule has 0 atom stereocenters. The quantitative estimate of drug-likeness (QED) is 0.875. The predicted molar refractivity (Wildman–Crippen MR) is 63.2 cm³/mol. The highest BCUT2D eigenvalue weighted by Crippen LogP contribution is 2.21. The zero-order valence-electron chi connectivity index (χ0n) is 9.31. The highest BCUT2D eigenvalue weighted by atomic mass is 35.5. The van der Waals surface area contributed by atoms with Gasteiger partial charge >= 0.3 is 5.97 Å². The van der Waals surface area contributed by atoms with Gasteiger partial charge < -0.3 is 10.0 Å². The number of aryl methyl sites for hydroxylation is 1. The zero-order valence-corrected chi connectivity index (χ0v) is 10.1. The molecule has 5 heteroatoms. The number of amides is 1. The zero-order chi connectivity index (χ0) is 12.6. The standard InChI is InChI=1S/C12H12ClNO3/c1-7-4-8(2-3-10(7)13)11(15)14-5-9(6-14)12(16)17/h2-4,9H,5-6H2,1H3,(H,16,17). The number of halogens is 1. The first-order valence-electron chi connectivity index (χ1n) is 5.27. The summed E-state index contributed by atoms with van der Waals surface area (Å²) in [5, 5.41) is 9.35. The van der Waals surface area contributed by atoms with Crippen LogP contribution in [0, 0.1) is 12.8 Å². The van der Waals surface area contributed by atoms with Crippen LogP contribution in [0.1, 0.15) is 15.9 Å². The summed E-state index contributed by atoms with van der Waals surface area (Å²) in [5.41, 5.74) is 1.39. The average molecular weight is 254 g/mol. The largest absolute Gasteiger partial charge is 0.481 e. The van der Waals surface area contributed by atoms with Gasteiger partial charge in [0.15, 0.2) is 0 Å². The lowest BCUT2D eigenvalue weighted by Gasteiger charge is -2.36. The van der Waals surface area contributed by atoms with Crippen LogP contribution in [0.15, 0.2) is 18.2 Å². The molecule has 0 aliphatic carbocycles. The summed E-state index contributed by atoms with van der Waals surface area (Å²) in [5.74, 6) is -1.41. The van der Waals surface area contributed by atoms with E-state index in [-0.39, 0.29) is 19.0 Å². The number of carbonyl (C=O) groups is 2. The van der Waals surface area contributed by atoms with E-state index < -0.39 is 11.9 Å². The molecule has 1 heterocycles. The summed E-state index contributed by atoms with van der Waals surface area (Å²) in [6, 6.07) is 5.06. The molecular weight excluding hydrogens is 242 g/mol. The third-order valence-electron chi connectivity index (χ3n) is 2.92. The van der Waals surface area contributed by atoms with Crippen molar-refractivity contribution in [1.82, 2.24) is 4.90 Å². The first-order chi connectivity index (χ1) is 7.99. The van der Waals surface area contributed by atoms with Gasteiger partial charge in [0.25, 0.3) is 5.91 Å². The summed E-state index contributed by atoms with van der Waals surface area (Å²) < 4.78 is 0. The summed E-state index contributed by atoms with van der Waals surface area (Å²) in [6.45, 7) is 2.40. The number of hydrogen-bond acceptors (Lipinski definition) is 2. The topological polar surface area (TPSA) is 57.6 Å². The van der Waals surface area contributed by atoms with Crippen molar-refractivity contribution < 1.29 is 14.7 Å². The van der Waals surface area contributed by atoms with Gasteiger partial charge in [0.05, 0.1) is 5.92 Å². The minimum absolute atomic E-state index is 0.137. The number of hydrogen-bond donors (Lipinski definition) is 1. The van der Waals surface area contributed by atoms with Gasteiger partial charge in [-0.05, 0) is 30.7 Å². The minimum Gasteiger partial charge on any atom is -0.481 e. The molecule has 0 radical (unpaired) electrons. The lowest BCUT2D eigenvalue weighted by Crippen LogP contribution is -2.53. The van der Waals surface area contributed by atoms with Gasteiger partial charge in [-0.15, -0.1) is 0 Å². The first kappa shape index (κ1) is 11.9. The summed E-state index contributed by atoms with van der Waals surface area (Å²) in [4.78, 5) is 24.1. The third-order valence-corrected chi connectivity index (χ3v) is 3.35. The molecule has 1 saturated heterocycles. The number of aliphatic carboxylic acids is 1. The first-order valence-corrected chi connectivity index (χ1v) is 5.65. The molecule has 0 unspecified atom stereocenters. The van der Waals surface area contributed by atoms with Crippen LogP contribution in [-0.4, -0.2) is 35.0 Å². The maximum atomic E-state index is 11.9. The Labute approximate surface area is 104 Å². The molecule has 17 heavy (non-hydrogen) atoms. The Balaban J connectivity index is 2.06. The SMILES string of the molecule is Cc1cc(C(=O)N2CC(C(=O)O)C2)ccc1Cl. The molecule has 1 amide bonds. The van der Waals surface area contributed by atoms with Crippen LogP contribution in [0.2, 0.25) is 5.02 Å². The van der Waals surface area contributed by atoms with Gasteiger partial charge in [0, 0.05) is 23.7 Å². The van der Waals surface area contributed by atoms with Gasteiger partial charge in [-0.3, -0.25) is 9.59 Å². The number of carbonyl (C=O) groups excluding carboxylic acids is 1. The second kappa shape index (κ2) is 4.37. The average Bonchev–Trinajstić information content (AvgIpc) is 2.19. The molecule has 1 N–H and O–H groups in total. The van der Waals surface area contributed by atoms with E-state index in [0.717, 1.165) is 5.56 Å². The Hall–Kier alpha value is -1.55. The molecule has 0 aromatic heterocycles. The van der Waals surface area contributed by atoms with Gasteiger partial charge in [0.1, 0.15) is 0 Å². The Bertz CT molecular complexity index is 481. The number of rotatable bonds is 2. The molecule has 0 spiro atoms. The van der Waals surface area contributed by atoms with E-state index in [0.29, 0.717) is 10.6 Å². The fourth-order valence-corrected chi connectivity index (χ4v) is 1.88. The van der Waals surface area contributed by atoms with E-state index in [1.165, 1.54) is 4.90 Å². The maximum Gasteiger partial charge on any atom is 0.310 e. The molecular formula is C12H12ClNO3. The molecule has 1 aliphatic rings. The van der Waals surface area contributed by atoms with Crippen LogP contribution < -0.4 is 0 Å². The normalized spacial score (nSPS) is 15.5. The molecule has 1 aliphatic heterocycles. The Morgan fingerprint density at radius 2 is 2.06 bits per heavy atom. The van der Waals surface area contributed by atoms with Crippen LogP contribution in [0.25, 0.3) is 0 Å². The number of likely N-dealkylation sites (tertiary alicyclic amines) is 1. The van der Waals surface area contributed by atoms with Crippen molar-refractivity contribution in [2.24, 2.45) is 5.92 Å². The van der Waals surface area contributed by atoms with E-state index in [2.05, 4.69) is 0 Å². The molecule has 1 fully saturated rings. The van der Waals surface area contributed by atoms with E-state index >= 15 is 0 Å². The van der Waals surface area contributed by atoms with Gasteiger partial charge in [-0.2, -0.15) is 0 Å². The van der Waals surface area contributed by atoms with Crippen LogP contribution in [0.3, 0.4) is 0 Å². The van der Waals surface area contributed by atoms with Crippen molar-refractivity contribution >= 4 is 23.5 Å². The number of carboxylic acid groups (broad SMARTS) is 1. The van der Waals surface area contributed by atoms with Crippen molar-refractivity contribution in [2.75, 3.05) is 13.1 Å². The van der Waals surface area contributed by atoms with Crippen LogP contribution >= 0.6 is 11.6 Å². The number of nitrogens with zero attached hydrogens (tertiary/aromatic N) is 1. The van der Waals surface area contributed by atoms with E-state index in [1.54, 1.807) is 18.2 Å². The number of carboxylic acids is 1. The van der Waals surface area contributed by atoms with Gasteiger partial charge in [0.2, 0.25) is 0 Å². The van der Waals surface area contributed by atoms with E-state index in [4.69, 9.17) is 16.7 Å². The van der Waals surface area contributed by atoms with E-state index in [1.807, 2.05) is 6.92 Å². The molecule has 0 saturated carbocycles. The van der Waals surface area contributed by atoms with Crippen LogP contribution in [0.5, 0.6) is 0 Å². The molecule has 4 nitrogen and oxygen atoms in total. The van der Waals surface area contributed by atoms with Gasteiger partial charge in [-0.25, -0.2) is 0 Å². The fourth-order valence-electron chi connectivity index (χ4n) is 1.76. The smallest absolute Gasteiger partial charge is 0.310 e. The highest BCUT2D eigenvalue weighted by molar-refractivity contribution is 6.31. The van der Waals surface area contributed by atoms with Crippen LogP contribution in [0.4, 0.5) is 0 Å². The second-order valence-corrected chi connectivity index (χ2v) is 4.62. The lowest BCUT2D eigenvalue weighted by atomic mass is 9.99. The monoisotopic (exact) mass is 253 g/mol. The molecule has 90 valence electrons. The third kappa shape index (κ3) is 2.26. The number of benzene rings is 1. The summed E-state index contributed by atoms with van der Waals surface area (Å²) >= 11 is 5.87. The van der Waals surface area contributed by atoms with Crippen molar-refractivity contribution in [1.29, 1.82) is 0 Å². The predicted octanol–water partition coefficient (Wildman–Crippen LogP) is 1.81. The van der Waals surface area contributed by atoms with Gasteiger partial charge in [-0.1, -0.05) is 11.6 Å². The Morgan fingerprint density at radius 1 is 1.41 bits per heavy atom. The second-order valence-electron chi connectivity index (χ2n) is 4.21. The fraction of sp³-hybridized carbons (Fsp3) is 0.333. The van der Waals surface area contributed by atoms with Crippen molar-refractivity contribution in [2.45, 2.75) is 6.92 Å². The van der Waals surface area contributed by atoms with Crippen molar-refractivity contribution in [3.05, 3.63) is 34.3 Å². The van der Waals surface area contributed by atoms with Crippen LogP contribution in [-0.2, 0) is 4.79 Å². The van der Waals surface area contributed by atoms with Crippen molar-refractivity contribution in [3.63, 3.8) is 0 Å². The minimum atomic E-state index is -0.846. The molecule has 1 aromatic rings. The molecule has 2 rings (SSSR count). The Kier molecular flexibility index (Phi) is 3.07. The van der Waals surface area contributed by atoms with E-state index in [9.17, 15) is 9.59 Å². The highest BCUT2D eigenvalue weighted by Gasteiger charge is 2.35. The molecule has 1 aromatic carbocycles. The lowest BCUT2D eigenvalue weighted by molar-refractivity contribution is -0.146. The summed E-state index contributed by atoms with van der Waals surface area (Å²) in [7, 11) is 0. The summed E-state index contributed by atoms with van der Waals surface area (Å²) in [6.07, 6.45) is 0. The maximum absolute atomic E-state index is 11.9. The van der Waals surface area contributed by atoms with Crippen molar-refractivity contribution in [3.8, 4) is 0 Å². The Morgan fingerprint density at radius 3 is 2.59 bits per heavy atom. The molecule has 0 bridgehead atoms.